The Kier molecular flexibility index (Phi) is 4.13. The fraction of sp³-hybridized carbons (Fsp3) is 0.667. The minimum absolute atomic E-state index is 0.620. The molecule has 0 atom stereocenters. The highest BCUT2D eigenvalue weighted by molar-refractivity contribution is 6.28. The number of nitrogens with zero attached hydrogens (tertiary/aromatic N) is 1. The number of hydrogen-bond acceptors (Lipinski definition) is 2. The molecule has 0 heterocycles. The van der Waals surface area contributed by atoms with Gasteiger partial charge in [0.25, 0.3) is 0 Å². The Morgan fingerprint density at radius 3 is 2.75 bits per heavy atom. The van der Waals surface area contributed by atoms with Gasteiger partial charge >= 0.3 is 0 Å². The van der Waals surface area contributed by atoms with Gasteiger partial charge in [0.1, 0.15) is 0 Å². The molecule has 0 radical (unpaired) electrons. The second-order valence-corrected chi connectivity index (χ2v) is 1.66. The fourth-order valence-corrected chi connectivity index (χ4v) is 0.490. The average Bonchev–Trinajstić information content (AvgIpc) is 1.68. The molecule has 0 aromatic heterocycles. The third-order valence-electron chi connectivity index (χ3n) is 0.804. The largest absolute Gasteiger partial charge is 0.304 e. The average molecular weight is 112 g/mol. The van der Waals surface area contributed by atoms with Crippen molar-refractivity contribution in [2.24, 2.45) is 4.99 Å². The van der Waals surface area contributed by atoms with E-state index in [1.54, 1.807) is 13.3 Å². The molecule has 0 fully saturated rings. The maximum atomic E-state index is 7.14. The van der Waals surface area contributed by atoms with Crippen LogP contribution in [0, 0.1) is 5.41 Å². The van der Waals surface area contributed by atoms with Gasteiger partial charge in [0, 0.05) is 19.0 Å². The number of aliphatic imine (C=N–C) groups is 1. The van der Waals surface area contributed by atoms with Crippen molar-refractivity contribution in [2.45, 2.75) is 19.8 Å². The Labute approximate surface area is 50.1 Å². The lowest BCUT2D eigenvalue weighted by atomic mass is 10.2. The maximum Gasteiger partial charge on any atom is 0.0491 e. The molecule has 0 saturated carbocycles. The van der Waals surface area contributed by atoms with Gasteiger partial charge in [-0.1, -0.05) is 13.3 Å². The molecule has 0 aromatic rings. The molecular weight excluding hydrogens is 100 g/mol. The first-order valence-electron chi connectivity index (χ1n) is 2.80. The molecule has 0 rings (SSSR count). The summed E-state index contributed by atoms with van der Waals surface area (Å²) in [5, 5.41) is 7.14. The predicted molar refractivity (Wildman–Crippen MR) is 37.1 cm³/mol. The first-order chi connectivity index (χ1) is 3.81. The van der Waals surface area contributed by atoms with Crippen LogP contribution >= 0.6 is 0 Å². The van der Waals surface area contributed by atoms with Gasteiger partial charge in [0.05, 0.1) is 0 Å². The zero-order valence-electron chi connectivity index (χ0n) is 5.44. The minimum Gasteiger partial charge on any atom is -0.304 e. The highest BCUT2D eigenvalue weighted by atomic mass is 14.6. The minimum atomic E-state index is 0.620. The van der Waals surface area contributed by atoms with Gasteiger partial charge in [-0.3, -0.25) is 4.99 Å². The summed E-state index contributed by atoms with van der Waals surface area (Å²) >= 11 is 0. The zero-order valence-corrected chi connectivity index (χ0v) is 5.44. The van der Waals surface area contributed by atoms with E-state index >= 15 is 0 Å². The Morgan fingerprint density at radius 2 is 2.38 bits per heavy atom. The monoisotopic (exact) mass is 112 g/mol. The van der Waals surface area contributed by atoms with Gasteiger partial charge in [0.15, 0.2) is 0 Å². The molecule has 2 heteroatoms. The van der Waals surface area contributed by atoms with E-state index in [2.05, 4.69) is 11.9 Å². The van der Waals surface area contributed by atoms with Gasteiger partial charge in [-0.2, -0.15) is 0 Å². The first kappa shape index (κ1) is 7.34. The zero-order chi connectivity index (χ0) is 6.41. The Morgan fingerprint density at radius 1 is 1.75 bits per heavy atom. The summed E-state index contributed by atoms with van der Waals surface area (Å²) < 4.78 is 0. The van der Waals surface area contributed by atoms with E-state index in [9.17, 15) is 0 Å². The van der Waals surface area contributed by atoms with E-state index in [-0.39, 0.29) is 0 Å². The molecular formula is C6H12N2. The molecule has 0 aliphatic rings. The molecule has 0 spiro atoms. The summed E-state index contributed by atoms with van der Waals surface area (Å²) in [6.45, 7) is 2.05. The second-order valence-electron chi connectivity index (χ2n) is 1.66. The van der Waals surface area contributed by atoms with Crippen molar-refractivity contribution < 1.29 is 0 Å². The van der Waals surface area contributed by atoms with Gasteiger partial charge < -0.3 is 5.41 Å². The van der Waals surface area contributed by atoms with Crippen LogP contribution in [0.25, 0.3) is 0 Å². The molecule has 0 aromatic carbocycles. The van der Waals surface area contributed by atoms with Crippen molar-refractivity contribution in [3.05, 3.63) is 0 Å². The quantitative estimate of drug-likeness (QED) is 0.537. The van der Waals surface area contributed by atoms with Gasteiger partial charge in [-0.15, -0.1) is 0 Å². The van der Waals surface area contributed by atoms with Crippen molar-refractivity contribution in [1.82, 2.24) is 0 Å². The summed E-state index contributed by atoms with van der Waals surface area (Å²) in [6.07, 6.45) is 3.46. The van der Waals surface area contributed by atoms with Crippen molar-refractivity contribution in [1.29, 1.82) is 5.41 Å². The third-order valence-corrected chi connectivity index (χ3v) is 0.804. The van der Waals surface area contributed by atoms with Crippen LogP contribution in [-0.2, 0) is 0 Å². The van der Waals surface area contributed by atoms with Crippen molar-refractivity contribution >= 4 is 11.9 Å². The lowest BCUT2D eigenvalue weighted by molar-refractivity contribution is 0.995. The maximum absolute atomic E-state index is 7.14. The normalized spacial score (nSPS) is 10.2. The molecule has 1 N–H and O–H groups in total. The van der Waals surface area contributed by atoms with Gasteiger partial charge in [-0.05, 0) is 6.42 Å². The molecule has 0 amide bonds. The lowest BCUT2D eigenvalue weighted by Crippen LogP contribution is -1.95. The molecule has 8 heavy (non-hydrogen) atoms. The van der Waals surface area contributed by atoms with Crippen LogP contribution in [0.1, 0.15) is 19.8 Å². The summed E-state index contributed by atoms with van der Waals surface area (Å²) in [6, 6.07) is 0. The van der Waals surface area contributed by atoms with Gasteiger partial charge in [-0.25, -0.2) is 0 Å². The van der Waals surface area contributed by atoms with Crippen LogP contribution in [0.4, 0.5) is 0 Å². The molecule has 0 aliphatic heterocycles. The number of hydrogen-bond donors (Lipinski definition) is 1. The standard InChI is InChI=1S/C6H12N2/c1-3-4-6(7)5-8-2/h5,7H,3-4H2,1-2H3. The van der Waals surface area contributed by atoms with E-state index in [4.69, 9.17) is 5.41 Å². The predicted octanol–water partition coefficient (Wildman–Crippen LogP) is 1.51. The summed E-state index contributed by atoms with van der Waals surface area (Å²) in [7, 11) is 1.68. The molecule has 0 unspecified atom stereocenters. The van der Waals surface area contributed by atoms with E-state index in [1.807, 2.05) is 0 Å². The van der Waals surface area contributed by atoms with E-state index in [1.165, 1.54) is 0 Å². The summed E-state index contributed by atoms with van der Waals surface area (Å²) in [4.78, 5) is 3.70. The SMILES string of the molecule is CCCC(=N)C=NC. The van der Waals surface area contributed by atoms with Crippen LogP contribution < -0.4 is 0 Å². The molecule has 0 bridgehead atoms. The first-order valence-corrected chi connectivity index (χ1v) is 2.80. The Bertz CT molecular complexity index is 94.7. The third kappa shape index (κ3) is 3.53. The second kappa shape index (κ2) is 4.50. The smallest absolute Gasteiger partial charge is 0.0491 e. The van der Waals surface area contributed by atoms with Crippen LogP contribution in [0.15, 0.2) is 4.99 Å². The van der Waals surface area contributed by atoms with Crippen LogP contribution in [0.3, 0.4) is 0 Å². The highest BCUT2D eigenvalue weighted by Gasteiger charge is 1.85. The van der Waals surface area contributed by atoms with Crippen LogP contribution in [-0.4, -0.2) is 19.0 Å². The van der Waals surface area contributed by atoms with Crippen LogP contribution in [0.5, 0.6) is 0 Å². The molecule has 46 valence electrons. The molecule has 2 nitrogen and oxygen atoms in total. The molecule has 0 aliphatic carbocycles. The lowest BCUT2D eigenvalue weighted by Gasteiger charge is -1.88. The number of rotatable bonds is 3. The highest BCUT2D eigenvalue weighted by Crippen LogP contribution is 1.85. The van der Waals surface area contributed by atoms with E-state index < -0.39 is 0 Å². The Hall–Kier alpha value is -0.660. The molecule has 0 saturated heterocycles. The van der Waals surface area contributed by atoms with Crippen molar-refractivity contribution in [2.75, 3.05) is 7.05 Å². The van der Waals surface area contributed by atoms with Gasteiger partial charge in [0.2, 0.25) is 0 Å². The van der Waals surface area contributed by atoms with E-state index in [0.717, 1.165) is 12.8 Å². The fourth-order valence-electron chi connectivity index (χ4n) is 0.490. The summed E-state index contributed by atoms with van der Waals surface area (Å²) in [5.41, 5.74) is 0.620. The van der Waals surface area contributed by atoms with Crippen molar-refractivity contribution in [3.8, 4) is 0 Å². The van der Waals surface area contributed by atoms with Crippen molar-refractivity contribution in [3.63, 3.8) is 0 Å². The Balaban J connectivity index is 3.33. The summed E-state index contributed by atoms with van der Waals surface area (Å²) in [5.74, 6) is 0. The number of nitrogens with one attached hydrogen (secondary N) is 1. The topological polar surface area (TPSA) is 36.2 Å². The van der Waals surface area contributed by atoms with E-state index in [0.29, 0.717) is 5.71 Å². The van der Waals surface area contributed by atoms with Crippen LogP contribution in [0.2, 0.25) is 0 Å².